The van der Waals surface area contributed by atoms with Crippen molar-refractivity contribution >= 4 is 38.2 Å². The van der Waals surface area contributed by atoms with Gasteiger partial charge in [-0.05, 0) is 31.4 Å². The number of nitrogens with zero attached hydrogens (tertiary/aromatic N) is 3. The minimum Gasteiger partial charge on any atom is -0.365 e. The van der Waals surface area contributed by atoms with E-state index < -0.39 is 5.91 Å². The Hall–Kier alpha value is -2.41. The first kappa shape index (κ1) is 14.2. The lowest BCUT2D eigenvalue weighted by molar-refractivity contribution is 0.0999. The number of anilines is 1. The molecule has 1 aliphatic rings. The number of carbonyl (C=O) groups is 1. The molecule has 3 aromatic rings. The van der Waals surface area contributed by atoms with Crippen molar-refractivity contribution in [3.05, 3.63) is 40.2 Å². The zero-order valence-corrected chi connectivity index (χ0v) is 13.3. The van der Waals surface area contributed by atoms with Crippen LogP contribution in [0.1, 0.15) is 29.6 Å². The van der Waals surface area contributed by atoms with Crippen LogP contribution < -0.4 is 16.2 Å². The second-order valence-corrected chi connectivity index (χ2v) is 6.72. The van der Waals surface area contributed by atoms with Crippen LogP contribution in [-0.4, -0.2) is 28.4 Å². The van der Waals surface area contributed by atoms with E-state index in [9.17, 15) is 9.59 Å². The minimum atomic E-state index is -0.715. The van der Waals surface area contributed by atoms with E-state index in [1.807, 2.05) is 29.2 Å². The molecule has 4 rings (SSSR count). The summed E-state index contributed by atoms with van der Waals surface area (Å²) in [4.78, 5) is 32.1. The molecule has 7 heteroatoms. The zero-order valence-electron chi connectivity index (χ0n) is 12.5. The van der Waals surface area contributed by atoms with E-state index in [0.717, 1.165) is 42.6 Å². The van der Waals surface area contributed by atoms with Gasteiger partial charge in [-0.2, -0.15) is 0 Å². The highest BCUT2D eigenvalue weighted by Gasteiger charge is 2.25. The monoisotopic (exact) mass is 328 g/mol. The topological polar surface area (TPSA) is 80.7 Å². The molecule has 1 amide bonds. The Morgan fingerprint density at radius 3 is 2.65 bits per heavy atom. The van der Waals surface area contributed by atoms with Crippen LogP contribution in [0.2, 0.25) is 0 Å². The maximum atomic E-state index is 12.9. The highest BCUT2D eigenvalue weighted by Crippen LogP contribution is 2.27. The van der Waals surface area contributed by atoms with Gasteiger partial charge in [0, 0.05) is 13.1 Å². The van der Waals surface area contributed by atoms with Crippen LogP contribution >= 0.6 is 11.3 Å². The van der Waals surface area contributed by atoms with E-state index in [1.54, 1.807) is 0 Å². The third kappa shape index (κ3) is 2.19. The average molecular weight is 328 g/mol. The Kier molecular flexibility index (Phi) is 3.30. The molecule has 3 heterocycles. The van der Waals surface area contributed by atoms with Crippen molar-refractivity contribution in [2.75, 3.05) is 18.0 Å². The van der Waals surface area contributed by atoms with Gasteiger partial charge in [0.25, 0.3) is 11.5 Å². The van der Waals surface area contributed by atoms with Gasteiger partial charge in [-0.3, -0.25) is 14.0 Å². The number of benzene rings is 1. The lowest BCUT2D eigenvalue weighted by atomic mass is 10.1. The van der Waals surface area contributed by atoms with Gasteiger partial charge < -0.3 is 10.6 Å². The highest BCUT2D eigenvalue weighted by molar-refractivity contribution is 7.23. The van der Waals surface area contributed by atoms with Crippen molar-refractivity contribution in [3.8, 4) is 0 Å². The first-order valence-corrected chi connectivity index (χ1v) is 8.47. The second-order valence-electron chi connectivity index (χ2n) is 5.72. The fourth-order valence-electron chi connectivity index (χ4n) is 3.15. The van der Waals surface area contributed by atoms with E-state index in [-0.39, 0.29) is 11.1 Å². The van der Waals surface area contributed by atoms with E-state index in [0.29, 0.717) is 10.8 Å². The summed E-state index contributed by atoms with van der Waals surface area (Å²) in [6.45, 7) is 1.60. The summed E-state index contributed by atoms with van der Waals surface area (Å²) in [7, 11) is 0. The van der Waals surface area contributed by atoms with Gasteiger partial charge in [-0.1, -0.05) is 23.5 Å². The van der Waals surface area contributed by atoms with Crippen molar-refractivity contribution in [2.45, 2.75) is 19.3 Å². The maximum absolute atomic E-state index is 12.9. The average Bonchev–Trinajstić information content (AvgIpc) is 2.93. The summed E-state index contributed by atoms with van der Waals surface area (Å²) in [5.41, 5.74) is 5.89. The molecule has 2 aromatic heterocycles. The Morgan fingerprint density at radius 2 is 1.91 bits per heavy atom. The number of aromatic nitrogens is 2. The van der Waals surface area contributed by atoms with Crippen LogP contribution in [0.3, 0.4) is 0 Å². The van der Waals surface area contributed by atoms with Crippen LogP contribution in [0.4, 0.5) is 5.82 Å². The Labute approximate surface area is 136 Å². The summed E-state index contributed by atoms with van der Waals surface area (Å²) in [5.74, 6) is -0.276. The smallest absolute Gasteiger partial charge is 0.274 e. The van der Waals surface area contributed by atoms with Crippen molar-refractivity contribution in [2.24, 2.45) is 5.73 Å². The molecule has 0 radical (unpaired) electrons. The maximum Gasteiger partial charge on any atom is 0.274 e. The Bertz CT molecular complexity index is 969. The predicted octanol–water partition coefficient (Wildman–Crippen LogP) is 2.00. The number of para-hydroxylation sites is 1. The van der Waals surface area contributed by atoms with Gasteiger partial charge in [-0.15, -0.1) is 0 Å². The van der Waals surface area contributed by atoms with E-state index in [1.165, 1.54) is 15.7 Å². The molecular weight excluding hydrogens is 312 g/mol. The molecule has 23 heavy (non-hydrogen) atoms. The van der Waals surface area contributed by atoms with Gasteiger partial charge in [0.1, 0.15) is 11.4 Å². The quantitative estimate of drug-likeness (QED) is 0.780. The molecule has 0 aliphatic carbocycles. The molecule has 1 saturated heterocycles. The van der Waals surface area contributed by atoms with Crippen molar-refractivity contribution < 1.29 is 4.79 Å². The van der Waals surface area contributed by atoms with Crippen molar-refractivity contribution in [1.82, 2.24) is 9.38 Å². The molecule has 2 N–H and O–H groups in total. The van der Waals surface area contributed by atoms with E-state index in [4.69, 9.17) is 5.73 Å². The summed E-state index contributed by atoms with van der Waals surface area (Å²) < 4.78 is 2.45. The van der Waals surface area contributed by atoms with Crippen molar-refractivity contribution in [3.63, 3.8) is 0 Å². The molecule has 0 atom stereocenters. The second kappa shape index (κ2) is 5.34. The standard InChI is InChI=1S/C16H16N4O2S/c17-13(21)12-14(19-8-4-1-5-9-19)18-16-20(15(12)22)10-6-2-3-7-11(10)23-16/h2-3,6-7H,1,4-5,8-9H2,(H2,17,21). The van der Waals surface area contributed by atoms with Crippen LogP contribution in [0.5, 0.6) is 0 Å². The molecule has 1 aromatic carbocycles. The lowest BCUT2D eigenvalue weighted by Gasteiger charge is -2.28. The summed E-state index contributed by atoms with van der Waals surface area (Å²) in [5, 5.41) is 0. The van der Waals surface area contributed by atoms with Gasteiger partial charge in [0.05, 0.1) is 10.2 Å². The summed E-state index contributed by atoms with van der Waals surface area (Å²) in [6.07, 6.45) is 3.23. The van der Waals surface area contributed by atoms with Gasteiger partial charge in [0.2, 0.25) is 0 Å². The normalized spacial score (nSPS) is 15.4. The molecule has 0 saturated carbocycles. The minimum absolute atomic E-state index is 0.00652. The number of nitrogens with two attached hydrogens (primary N) is 1. The molecule has 1 aliphatic heterocycles. The fourth-order valence-corrected chi connectivity index (χ4v) is 4.16. The number of amides is 1. The summed E-state index contributed by atoms with van der Waals surface area (Å²) >= 11 is 1.45. The Morgan fingerprint density at radius 1 is 1.17 bits per heavy atom. The van der Waals surface area contributed by atoms with Gasteiger partial charge >= 0.3 is 0 Å². The van der Waals surface area contributed by atoms with Crippen LogP contribution in [0, 0.1) is 0 Å². The number of hydrogen-bond donors (Lipinski definition) is 1. The number of hydrogen-bond acceptors (Lipinski definition) is 5. The molecule has 6 nitrogen and oxygen atoms in total. The van der Waals surface area contributed by atoms with Crippen LogP contribution in [0.25, 0.3) is 15.2 Å². The number of rotatable bonds is 2. The number of primary amides is 1. The first-order chi connectivity index (χ1) is 11.2. The van der Waals surface area contributed by atoms with Crippen LogP contribution in [-0.2, 0) is 0 Å². The third-order valence-corrected chi connectivity index (χ3v) is 5.26. The number of thiazole rings is 1. The predicted molar refractivity (Wildman–Crippen MR) is 91.4 cm³/mol. The molecule has 0 unspecified atom stereocenters. The molecule has 0 spiro atoms. The SMILES string of the molecule is NC(=O)c1c(N2CCCCC2)nc2sc3ccccc3n2c1=O. The zero-order chi connectivity index (χ0) is 16.0. The lowest BCUT2D eigenvalue weighted by Crippen LogP contribution is -2.36. The third-order valence-electron chi connectivity index (χ3n) is 4.24. The van der Waals surface area contributed by atoms with E-state index >= 15 is 0 Å². The molecule has 0 bridgehead atoms. The molecule has 118 valence electrons. The summed E-state index contributed by atoms with van der Waals surface area (Å²) in [6, 6.07) is 7.58. The van der Waals surface area contributed by atoms with E-state index in [2.05, 4.69) is 4.98 Å². The van der Waals surface area contributed by atoms with Crippen LogP contribution in [0.15, 0.2) is 29.1 Å². The first-order valence-electron chi connectivity index (χ1n) is 7.66. The molecule has 1 fully saturated rings. The highest BCUT2D eigenvalue weighted by atomic mass is 32.1. The van der Waals surface area contributed by atoms with Gasteiger partial charge in [-0.25, -0.2) is 4.98 Å². The van der Waals surface area contributed by atoms with Crippen molar-refractivity contribution in [1.29, 1.82) is 0 Å². The number of piperidine rings is 1. The molecular formula is C16H16N4O2S. The fraction of sp³-hybridized carbons (Fsp3) is 0.312. The Balaban J connectivity index is 2.06. The number of fused-ring (bicyclic) bond motifs is 3. The van der Waals surface area contributed by atoms with Gasteiger partial charge in [0.15, 0.2) is 4.96 Å². The largest absolute Gasteiger partial charge is 0.365 e. The number of carbonyl (C=O) groups excluding carboxylic acids is 1.